The third-order valence-electron chi connectivity index (χ3n) is 3.07. The first-order valence-electron chi connectivity index (χ1n) is 6.30. The summed E-state index contributed by atoms with van der Waals surface area (Å²) in [5.41, 5.74) is 12.1. The van der Waals surface area contributed by atoms with Crippen LogP contribution in [0.5, 0.6) is 0 Å². The Kier molecular flexibility index (Phi) is 5.25. The number of hydrogen-bond donors (Lipinski definition) is 2. The summed E-state index contributed by atoms with van der Waals surface area (Å²) in [5.74, 6) is -0.669. The summed E-state index contributed by atoms with van der Waals surface area (Å²) in [6.07, 6.45) is 0. The van der Waals surface area contributed by atoms with Crippen molar-refractivity contribution in [2.24, 2.45) is 11.5 Å². The Morgan fingerprint density at radius 2 is 1.64 bits per heavy atom. The predicted molar refractivity (Wildman–Crippen MR) is 94.6 cm³/mol. The SMILES string of the molecule is NC(=O)C(c1ccccc1I)N(C(N)=O)c1ccc(Cl)cc1. The molecular formula is C15H13ClIN3O2. The van der Waals surface area contributed by atoms with Gasteiger partial charge >= 0.3 is 6.03 Å². The first-order chi connectivity index (χ1) is 10.4. The average Bonchev–Trinajstić information content (AvgIpc) is 2.46. The monoisotopic (exact) mass is 429 g/mol. The largest absolute Gasteiger partial charge is 0.368 e. The molecule has 22 heavy (non-hydrogen) atoms. The van der Waals surface area contributed by atoms with E-state index >= 15 is 0 Å². The second kappa shape index (κ2) is 6.97. The van der Waals surface area contributed by atoms with Crippen LogP contribution in [-0.2, 0) is 4.79 Å². The van der Waals surface area contributed by atoms with Gasteiger partial charge in [0.2, 0.25) is 5.91 Å². The maximum atomic E-state index is 12.0. The molecule has 1 atom stereocenters. The highest BCUT2D eigenvalue weighted by Crippen LogP contribution is 2.30. The molecule has 7 heteroatoms. The number of primary amides is 2. The molecule has 0 aliphatic carbocycles. The van der Waals surface area contributed by atoms with Crippen molar-refractivity contribution in [3.8, 4) is 0 Å². The topological polar surface area (TPSA) is 89.4 Å². The van der Waals surface area contributed by atoms with Crippen molar-refractivity contribution < 1.29 is 9.59 Å². The number of halogens is 2. The van der Waals surface area contributed by atoms with Crippen molar-refractivity contribution in [1.82, 2.24) is 0 Å². The van der Waals surface area contributed by atoms with Crippen LogP contribution in [0.1, 0.15) is 11.6 Å². The van der Waals surface area contributed by atoms with E-state index in [2.05, 4.69) is 22.6 Å². The molecular weight excluding hydrogens is 417 g/mol. The van der Waals surface area contributed by atoms with E-state index in [1.54, 1.807) is 36.4 Å². The fraction of sp³-hybridized carbons (Fsp3) is 0.0667. The second-order valence-corrected chi connectivity index (χ2v) is 6.11. The van der Waals surface area contributed by atoms with Crippen molar-refractivity contribution in [2.45, 2.75) is 6.04 Å². The van der Waals surface area contributed by atoms with E-state index in [1.165, 1.54) is 0 Å². The molecule has 2 aromatic carbocycles. The van der Waals surface area contributed by atoms with Crippen molar-refractivity contribution in [2.75, 3.05) is 4.90 Å². The summed E-state index contributed by atoms with van der Waals surface area (Å²) in [4.78, 5) is 25.1. The van der Waals surface area contributed by atoms with Gasteiger partial charge in [-0.05, 0) is 58.5 Å². The fourth-order valence-electron chi connectivity index (χ4n) is 2.12. The van der Waals surface area contributed by atoms with E-state index in [-0.39, 0.29) is 0 Å². The number of urea groups is 1. The molecule has 0 saturated carbocycles. The zero-order chi connectivity index (χ0) is 16.3. The molecule has 4 N–H and O–H groups in total. The van der Waals surface area contributed by atoms with E-state index < -0.39 is 18.0 Å². The first-order valence-corrected chi connectivity index (χ1v) is 7.75. The lowest BCUT2D eigenvalue weighted by Crippen LogP contribution is -2.45. The summed E-state index contributed by atoms with van der Waals surface area (Å²) in [6, 6.07) is 11.8. The molecule has 0 spiro atoms. The molecule has 2 aromatic rings. The van der Waals surface area contributed by atoms with Gasteiger partial charge in [0, 0.05) is 14.3 Å². The normalized spacial score (nSPS) is 11.7. The highest BCUT2D eigenvalue weighted by molar-refractivity contribution is 14.1. The number of carbonyl (C=O) groups excluding carboxylic acids is 2. The summed E-state index contributed by atoms with van der Waals surface area (Å²) in [5, 5.41) is 0.512. The predicted octanol–water partition coefficient (Wildman–Crippen LogP) is 3.06. The van der Waals surface area contributed by atoms with E-state index in [0.717, 1.165) is 8.47 Å². The number of hydrogen-bond acceptors (Lipinski definition) is 2. The third kappa shape index (κ3) is 3.50. The van der Waals surface area contributed by atoms with Crippen molar-refractivity contribution in [3.63, 3.8) is 0 Å². The molecule has 0 heterocycles. The summed E-state index contributed by atoms with van der Waals surface area (Å²) < 4.78 is 0.809. The van der Waals surface area contributed by atoms with Crippen LogP contribution in [-0.4, -0.2) is 11.9 Å². The quantitative estimate of drug-likeness (QED) is 0.732. The van der Waals surface area contributed by atoms with Gasteiger partial charge in [0.05, 0.1) is 0 Å². The van der Waals surface area contributed by atoms with E-state index in [4.69, 9.17) is 23.1 Å². The third-order valence-corrected chi connectivity index (χ3v) is 4.30. The molecule has 3 amide bonds. The minimum atomic E-state index is -0.994. The van der Waals surface area contributed by atoms with Crippen LogP contribution in [0.3, 0.4) is 0 Å². The molecule has 0 aliphatic heterocycles. The maximum absolute atomic E-state index is 12.0. The summed E-state index contributed by atoms with van der Waals surface area (Å²) >= 11 is 7.94. The van der Waals surface area contributed by atoms with Crippen LogP contribution in [0.25, 0.3) is 0 Å². The molecule has 0 radical (unpaired) electrons. The van der Waals surface area contributed by atoms with Crippen molar-refractivity contribution in [3.05, 3.63) is 62.7 Å². The Morgan fingerprint density at radius 1 is 1.05 bits per heavy atom. The van der Waals surface area contributed by atoms with Gasteiger partial charge in [0.1, 0.15) is 6.04 Å². The standard InChI is InChI=1S/C15H13ClIN3O2/c16-9-5-7-10(8-6-9)20(15(19)22)13(14(18)21)11-3-1-2-4-12(11)17/h1-8,13H,(H2,18,21)(H2,19,22). The average molecular weight is 430 g/mol. The van der Waals surface area contributed by atoms with Crippen LogP contribution in [0.15, 0.2) is 48.5 Å². The lowest BCUT2D eigenvalue weighted by Gasteiger charge is -2.29. The van der Waals surface area contributed by atoms with Crippen molar-refractivity contribution >= 4 is 51.8 Å². The first kappa shape index (κ1) is 16.6. The van der Waals surface area contributed by atoms with Crippen LogP contribution in [0.4, 0.5) is 10.5 Å². The highest BCUT2D eigenvalue weighted by Gasteiger charge is 2.31. The Labute approximate surface area is 146 Å². The zero-order valence-corrected chi connectivity index (χ0v) is 14.3. The van der Waals surface area contributed by atoms with Crippen LogP contribution >= 0.6 is 34.2 Å². The number of rotatable bonds is 4. The summed E-state index contributed by atoms with van der Waals surface area (Å²) in [7, 11) is 0. The lowest BCUT2D eigenvalue weighted by atomic mass is 10.0. The van der Waals surface area contributed by atoms with E-state index in [9.17, 15) is 9.59 Å². The molecule has 0 aromatic heterocycles. The molecule has 0 bridgehead atoms. The number of amides is 3. The van der Waals surface area contributed by atoms with Crippen LogP contribution in [0, 0.1) is 3.57 Å². The molecule has 0 saturated heterocycles. The van der Waals surface area contributed by atoms with E-state index in [1.807, 2.05) is 12.1 Å². The van der Waals surface area contributed by atoms with Gasteiger partial charge in [-0.15, -0.1) is 0 Å². The molecule has 0 aliphatic rings. The van der Waals surface area contributed by atoms with Gasteiger partial charge in [0.25, 0.3) is 0 Å². The Morgan fingerprint density at radius 3 is 2.14 bits per heavy atom. The lowest BCUT2D eigenvalue weighted by molar-refractivity contribution is -0.119. The number of benzene rings is 2. The van der Waals surface area contributed by atoms with Gasteiger partial charge in [0.15, 0.2) is 0 Å². The van der Waals surface area contributed by atoms with Crippen LogP contribution < -0.4 is 16.4 Å². The molecule has 114 valence electrons. The van der Waals surface area contributed by atoms with Gasteiger partial charge in [-0.1, -0.05) is 29.8 Å². The Bertz CT molecular complexity index is 706. The van der Waals surface area contributed by atoms with Crippen molar-refractivity contribution in [1.29, 1.82) is 0 Å². The van der Waals surface area contributed by atoms with Crippen LogP contribution in [0.2, 0.25) is 5.02 Å². The number of carbonyl (C=O) groups is 2. The van der Waals surface area contributed by atoms with E-state index in [0.29, 0.717) is 16.3 Å². The smallest absolute Gasteiger partial charge is 0.320 e. The maximum Gasteiger partial charge on any atom is 0.320 e. The molecule has 5 nitrogen and oxygen atoms in total. The number of nitrogens with two attached hydrogens (primary N) is 2. The number of nitrogens with zero attached hydrogens (tertiary/aromatic N) is 1. The van der Waals surface area contributed by atoms with Gasteiger partial charge in [-0.2, -0.15) is 0 Å². The zero-order valence-electron chi connectivity index (χ0n) is 11.4. The number of anilines is 1. The Balaban J connectivity index is 2.56. The molecule has 0 fully saturated rings. The second-order valence-electron chi connectivity index (χ2n) is 4.51. The fourth-order valence-corrected chi connectivity index (χ4v) is 2.93. The van der Waals surface area contributed by atoms with Gasteiger partial charge in [-0.25, -0.2) is 4.79 Å². The minimum Gasteiger partial charge on any atom is -0.368 e. The molecule has 1 unspecified atom stereocenters. The highest BCUT2D eigenvalue weighted by atomic mass is 127. The summed E-state index contributed by atoms with van der Waals surface area (Å²) in [6.45, 7) is 0. The van der Waals surface area contributed by atoms with Gasteiger partial charge < -0.3 is 11.5 Å². The molecule has 2 rings (SSSR count). The minimum absolute atomic E-state index is 0.445. The Hall–Kier alpha value is -1.80. The van der Waals surface area contributed by atoms with Gasteiger partial charge in [-0.3, -0.25) is 9.69 Å².